The first-order valence-electron chi connectivity index (χ1n) is 11.0. The monoisotopic (exact) mass is 394 g/mol. The molecule has 0 aromatic rings. The highest BCUT2D eigenvalue weighted by molar-refractivity contribution is 5.87. The maximum Gasteiger partial charge on any atom is 0.188 e. The van der Waals surface area contributed by atoms with Crippen molar-refractivity contribution in [2.75, 3.05) is 33.0 Å². The molecule has 6 nitrogen and oxygen atoms in total. The van der Waals surface area contributed by atoms with E-state index in [0.717, 1.165) is 18.7 Å². The molecular formula is C22H38N2O4. The molecule has 0 aliphatic carbocycles. The van der Waals surface area contributed by atoms with Gasteiger partial charge in [0.15, 0.2) is 11.8 Å². The molecule has 1 atom stereocenters. The molecule has 2 aliphatic heterocycles. The molecule has 0 aromatic carbocycles. The number of aliphatic hydroxyl groups is 2. The van der Waals surface area contributed by atoms with Gasteiger partial charge in [0, 0.05) is 12.3 Å². The van der Waals surface area contributed by atoms with Crippen molar-refractivity contribution < 1.29 is 19.7 Å². The number of unbranched alkanes of at least 4 members (excludes halogenated alkanes) is 7. The van der Waals surface area contributed by atoms with E-state index in [2.05, 4.69) is 29.1 Å². The number of allylic oxidation sites excluding steroid dienone is 2. The number of rotatable bonds is 15. The van der Waals surface area contributed by atoms with Crippen LogP contribution < -0.4 is 0 Å². The molecule has 0 spiro atoms. The van der Waals surface area contributed by atoms with Crippen molar-refractivity contribution in [3.8, 4) is 0 Å². The van der Waals surface area contributed by atoms with Gasteiger partial charge in [-0.25, -0.2) is 4.99 Å². The van der Waals surface area contributed by atoms with Crippen LogP contribution in [0.25, 0.3) is 0 Å². The third-order valence-corrected chi connectivity index (χ3v) is 5.40. The van der Waals surface area contributed by atoms with Crippen molar-refractivity contribution in [2.24, 2.45) is 15.9 Å². The molecule has 0 fully saturated rings. The van der Waals surface area contributed by atoms with Gasteiger partial charge in [-0.15, -0.1) is 0 Å². The van der Waals surface area contributed by atoms with Crippen molar-refractivity contribution in [2.45, 2.75) is 76.7 Å². The molecule has 6 heteroatoms. The SMILES string of the molecule is CCCCCCCCC/C=C/CC(CC1=NCCO1)C1=NC(CO)(CO)CO1. The molecule has 160 valence electrons. The lowest BCUT2D eigenvalue weighted by Gasteiger charge is -2.16. The standard InChI is InChI=1S/C22H38N2O4/c1-2-3-4-5-6-7-8-9-10-11-12-19(15-20-23-13-14-27-20)21-24-22(16-25,17-26)18-28-21/h10-11,19,25-26H,2-9,12-18H2,1H3/b11-10+. The van der Waals surface area contributed by atoms with Gasteiger partial charge in [-0.1, -0.05) is 57.6 Å². The summed E-state index contributed by atoms with van der Waals surface area (Å²) < 4.78 is 11.3. The molecule has 0 saturated carbocycles. The Labute approximate surface area is 169 Å². The Hall–Kier alpha value is -1.40. The molecule has 0 bridgehead atoms. The van der Waals surface area contributed by atoms with Gasteiger partial charge in [-0.05, 0) is 19.3 Å². The largest absolute Gasteiger partial charge is 0.479 e. The summed E-state index contributed by atoms with van der Waals surface area (Å²) >= 11 is 0. The first kappa shape index (κ1) is 22.9. The van der Waals surface area contributed by atoms with Gasteiger partial charge in [0.1, 0.15) is 18.8 Å². The molecule has 0 amide bonds. The van der Waals surface area contributed by atoms with E-state index in [1.54, 1.807) is 0 Å². The molecule has 1 unspecified atom stereocenters. The highest BCUT2D eigenvalue weighted by Gasteiger charge is 2.38. The minimum atomic E-state index is -0.909. The first-order chi connectivity index (χ1) is 13.7. The minimum Gasteiger partial charge on any atom is -0.479 e. The Morgan fingerprint density at radius 2 is 1.79 bits per heavy atom. The summed E-state index contributed by atoms with van der Waals surface area (Å²) in [6.07, 6.45) is 16.2. The Balaban J connectivity index is 1.78. The molecule has 2 heterocycles. The molecule has 2 N–H and O–H groups in total. The van der Waals surface area contributed by atoms with Crippen LogP contribution in [0.5, 0.6) is 0 Å². The van der Waals surface area contributed by atoms with E-state index in [4.69, 9.17) is 9.47 Å². The number of ether oxygens (including phenoxy) is 2. The molecule has 2 aliphatic rings. The van der Waals surface area contributed by atoms with E-state index in [0.29, 0.717) is 25.5 Å². The summed E-state index contributed by atoms with van der Waals surface area (Å²) in [6, 6.07) is 0. The lowest BCUT2D eigenvalue weighted by atomic mass is 9.99. The van der Waals surface area contributed by atoms with Crippen molar-refractivity contribution in [1.82, 2.24) is 0 Å². The van der Waals surface area contributed by atoms with Crippen LogP contribution in [0.15, 0.2) is 22.1 Å². The van der Waals surface area contributed by atoms with Crippen LogP contribution in [0.1, 0.15) is 71.1 Å². The van der Waals surface area contributed by atoms with Gasteiger partial charge in [-0.2, -0.15) is 0 Å². The first-order valence-corrected chi connectivity index (χ1v) is 11.0. The zero-order chi connectivity index (χ0) is 20.1. The predicted octanol–water partition coefficient (Wildman–Crippen LogP) is 3.66. The molecule has 28 heavy (non-hydrogen) atoms. The maximum absolute atomic E-state index is 9.56. The normalized spacial score (nSPS) is 19.4. The van der Waals surface area contributed by atoms with E-state index >= 15 is 0 Å². The van der Waals surface area contributed by atoms with Gasteiger partial charge in [0.25, 0.3) is 0 Å². The summed E-state index contributed by atoms with van der Waals surface area (Å²) in [6.45, 7) is 3.39. The minimum absolute atomic E-state index is 0.0297. The Bertz CT molecular complexity index is 527. The second-order valence-corrected chi connectivity index (χ2v) is 7.92. The summed E-state index contributed by atoms with van der Waals surface area (Å²) in [5.74, 6) is 1.38. The van der Waals surface area contributed by atoms with Gasteiger partial charge >= 0.3 is 0 Å². The number of aliphatic hydroxyl groups excluding tert-OH is 2. The van der Waals surface area contributed by atoms with Crippen molar-refractivity contribution in [1.29, 1.82) is 0 Å². The van der Waals surface area contributed by atoms with E-state index in [-0.39, 0.29) is 25.7 Å². The fourth-order valence-corrected chi connectivity index (χ4v) is 3.51. The topological polar surface area (TPSA) is 83.6 Å². The highest BCUT2D eigenvalue weighted by Crippen LogP contribution is 2.26. The van der Waals surface area contributed by atoms with Gasteiger partial charge in [0.2, 0.25) is 0 Å². The van der Waals surface area contributed by atoms with Crippen molar-refractivity contribution in [3.05, 3.63) is 12.2 Å². The quantitative estimate of drug-likeness (QED) is 0.328. The summed E-state index contributed by atoms with van der Waals surface area (Å²) in [7, 11) is 0. The van der Waals surface area contributed by atoms with Crippen LogP contribution in [0.4, 0.5) is 0 Å². The van der Waals surface area contributed by atoms with E-state index in [9.17, 15) is 10.2 Å². The highest BCUT2D eigenvalue weighted by atomic mass is 16.5. The van der Waals surface area contributed by atoms with Crippen molar-refractivity contribution in [3.63, 3.8) is 0 Å². The second-order valence-electron chi connectivity index (χ2n) is 7.92. The Morgan fingerprint density at radius 3 is 2.43 bits per heavy atom. The summed E-state index contributed by atoms with van der Waals surface area (Å²) in [5.41, 5.74) is -0.909. The third-order valence-electron chi connectivity index (χ3n) is 5.40. The average Bonchev–Trinajstić information content (AvgIpc) is 3.38. The van der Waals surface area contributed by atoms with E-state index in [1.165, 1.54) is 44.9 Å². The molecule has 0 radical (unpaired) electrons. The van der Waals surface area contributed by atoms with Gasteiger partial charge < -0.3 is 19.7 Å². The van der Waals surface area contributed by atoms with Gasteiger partial charge in [0.05, 0.1) is 19.8 Å². The van der Waals surface area contributed by atoms with Crippen LogP contribution in [0.3, 0.4) is 0 Å². The van der Waals surface area contributed by atoms with Gasteiger partial charge in [-0.3, -0.25) is 4.99 Å². The number of hydrogen-bond acceptors (Lipinski definition) is 6. The fourth-order valence-electron chi connectivity index (χ4n) is 3.51. The number of nitrogens with zero attached hydrogens (tertiary/aromatic N) is 2. The smallest absolute Gasteiger partial charge is 0.188 e. The summed E-state index contributed by atoms with van der Waals surface area (Å²) in [5, 5.41) is 19.1. The third kappa shape index (κ3) is 7.55. The van der Waals surface area contributed by atoms with Crippen LogP contribution in [-0.4, -0.2) is 60.5 Å². The van der Waals surface area contributed by atoms with E-state index < -0.39 is 5.54 Å². The Kier molecular flexibility index (Phi) is 10.6. The summed E-state index contributed by atoms with van der Waals surface area (Å²) in [4.78, 5) is 8.90. The lowest BCUT2D eigenvalue weighted by molar-refractivity contribution is 0.0967. The second kappa shape index (κ2) is 12.9. The predicted molar refractivity (Wildman–Crippen MR) is 113 cm³/mol. The molecule has 0 saturated heterocycles. The zero-order valence-corrected chi connectivity index (χ0v) is 17.4. The van der Waals surface area contributed by atoms with Crippen LogP contribution in [0, 0.1) is 5.92 Å². The number of hydrogen-bond donors (Lipinski definition) is 2. The Morgan fingerprint density at radius 1 is 1.04 bits per heavy atom. The zero-order valence-electron chi connectivity index (χ0n) is 17.4. The molecular weight excluding hydrogens is 356 g/mol. The molecule has 0 aromatic heterocycles. The van der Waals surface area contributed by atoms with Crippen LogP contribution >= 0.6 is 0 Å². The molecule has 2 rings (SSSR count). The number of aliphatic imine (C=N–C) groups is 2. The lowest BCUT2D eigenvalue weighted by Crippen LogP contribution is -2.37. The fraction of sp³-hybridized carbons (Fsp3) is 0.818. The van der Waals surface area contributed by atoms with E-state index in [1.807, 2.05) is 0 Å². The average molecular weight is 395 g/mol. The van der Waals surface area contributed by atoms with Crippen LogP contribution in [-0.2, 0) is 9.47 Å². The maximum atomic E-state index is 9.56. The van der Waals surface area contributed by atoms with Crippen LogP contribution in [0.2, 0.25) is 0 Å². The van der Waals surface area contributed by atoms with Crippen molar-refractivity contribution >= 4 is 11.8 Å².